The van der Waals surface area contributed by atoms with Gasteiger partial charge in [0, 0.05) is 314 Å². The van der Waals surface area contributed by atoms with Crippen molar-refractivity contribution in [2.24, 2.45) is 0 Å². The van der Waals surface area contributed by atoms with Crippen LogP contribution in [0.15, 0.2) is 175 Å². The summed E-state index contributed by atoms with van der Waals surface area (Å²) in [6.07, 6.45) is -10.2. The molecule has 0 saturated carbocycles. The van der Waals surface area contributed by atoms with Crippen LogP contribution in [-0.4, -0.2) is 315 Å². The molecule has 10 aromatic rings. The van der Waals surface area contributed by atoms with Crippen molar-refractivity contribution in [1.82, 2.24) is 123 Å². The number of hydrogen-bond acceptors (Lipinski definition) is 30. The Bertz CT molecular complexity index is 8490. The lowest BCUT2D eigenvalue weighted by Crippen LogP contribution is -2.59. The summed E-state index contributed by atoms with van der Waals surface area (Å²) in [6, 6.07) is 4.41. The number of benzene rings is 5. The molecule has 5 aliphatic rings. The quantitative estimate of drug-likeness (QED) is 0.0360. The largest absolute Gasteiger partial charge is 0.363 e. The Hall–Kier alpha value is -12.6. The van der Waals surface area contributed by atoms with Crippen LogP contribution < -0.4 is 52.9 Å². The lowest BCUT2D eigenvalue weighted by Gasteiger charge is -2.47. The lowest BCUT2D eigenvalue weighted by molar-refractivity contribution is -0.129. The fourth-order valence-electron chi connectivity index (χ4n) is 16.3. The molecule has 0 N–H and O–H groups in total. The first kappa shape index (κ1) is 61.1. The third-order valence-corrected chi connectivity index (χ3v) is 24.3. The Balaban J connectivity index is 0.000000226. The van der Waals surface area contributed by atoms with E-state index in [0.29, 0.717) is 44.6 Å². The van der Waals surface area contributed by atoms with Crippen LogP contribution in [0.5, 0.6) is 0 Å². The minimum Gasteiger partial charge on any atom is -0.358 e. The van der Waals surface area contributed by atoms with Crippen LogP contribution in [0.2, 0.25) is 0 Å². The van der Waals surface area contributed by atoms with Gasteiger partial charge in [0.2, 0.25) is 29.5 Å². The number of anilines is 5. The molecule has 5 fully saturated rings. The molecule has 5 aromatic carbocycles. The highest BCUT2D eigenvalue weighted by atomic mass is 16.5. The smallest absolute Gasteiger partial charge is 0.358 e. The minimum absolute atomic E-state index is 0.0529. The SMILES string of the molecule is [2H]C([2H])(N1CCC(OC)(N(C(=O)CC)c2ccccc2)CC1)C([2H])([2H])n1nnn(CC)c1=O.[2H]C([2H])([2H])CC(=O)N(c1ccccc1)C1(OC)CCN(C([2H])([2H])C([2H])([2H])n2nnn(CC)c2=O)CC1.[2H]c1c([2H])c([2H])c(N(C(=O)C([2H])([2H])C([2H])([2H])[2H])C2(OC([2H])([2H])[2H])CCN(CC([2H])([2H])n3nnn(CC)c3=O)CC2)c([2H])c1[2H].[2H]c1c([2H])c([2H])c(N(C(=O)C([2H])([2H])C)C2(OC([2H])([2H])[2H])CCN(CC([2H])([2H])n3nnn(CC)c3=O)CC2)c([2H])c1[2H].[2H]c1c([2H])c([2H])c(N(C(=O)CC([2H])([2H])[2H])C2(OC([2H])([2H])[2H])CCN(CC([2H])([2H])n3nnn(CC)c3=O)CC2)c([2H])c1[2H]. The maximum atomic E-state index is 13.8. The molecule has 790 valence electrons. The zero-order chi connectivity index (χ0) is 148. The van der Waals surface area contributed by atoms with E-state index in [1.807, 2.05) is 30.3 Å². The number of likely N-dealkylation sites (tertiary alicyclic amines) is 5. The number of hydrogen-bond donors (Lipinski definition) is 0. The monoisotopic (exact) mass is 2060 g/mol. The molecule has 145 heavy (non-hydrogen) atoms. The van der Waals surface area contributed by atoms with Gasteiger partial charge in [0.15, 0.2) is 0 Å². The molecule has 0 unspecified atom stereocenters. The van der Waals surface area contributed by atoms with Crippen molar-refractivity contribution >= 4 is 58.0 Å². The highest BCUT2D eigenvalue weighted by molar-refractivity contribution is 5.97. The second-order valence-electron chi connectivity index (χ2n) is 32.3. The minimum atomic E-state index is -3.75. The molecule has 0 atom stereocenters. The lowest BCUT2D eigenvalue weighted by atomic mass is 9.96. The van der Waals surface area contributed by atoms with Gasteiger partial charge in [-0.3, -0.25) is 48.5 Å². The van der Waals surface area contributed by atoms with Gasteiger partial charge < -0.3 is 48.2 Å². The molecule has 0 radical (unpaired) electrons. The molecule has 10 heterocycles. The van der Waals surface area contributed by atoms with Crippen molar-refractivity contribution in [3.05, 3.63) is 204 Å². The number of rotatable bonds is 40. The van der Waals surface area contributed by atoms with Gasteiger partial charge in [0.1, 0.15) is 28.6 Å². The molecule has 0 bridgehead atoms. The zero-order valence-electron chi connectivity index (χ0n) is 132. The van der Waals surface area contributed by atoms with E-state index < -0.39 is 346 Å². The van der Waals surface area contributed by atoms with Crippen molar-refractivity contribution in [3.63, 3.8) is 0 Å². The first-order valence-electron chi connectivity index (χ1n) is 71.5. The second kappa shape index (κ2) is 54.5. The van der Waals surface area contributed by atoms with Gasteiger partial charge in [-0.25, -0.2) is 24.0 Å². The first-order valence-corrected chi connectivity index (χ1v) is 46.0. The Morgan fingerprint density at radius 3 is 0.759 bits per heavy atom. The van der Waals surface area contributed by atoms with Gasteiger partial charge in [-0.2, -0.15) is 46.8 Å². The van der Waals surface area contributed by atoms with Gasteiger partial charge >= 0.3 is 28.4 Å². The van der Waals surface area contributed by atoms with Crippen molar-refractivity contribution in [2.45, 2.75) is 259 Å². The number of carbonyl (C=O) groups excluding carboxylic acids is 5. The summed E-state index contributed by atoms with van der Waals surface area (Å²) in [5.74, 6) is -5.39. The van der Waals surface area contributed by atoms with E-state index >= 15 is 0 Å². The number of aromatic nitrogens is 20. The van der Waals surface area contributed by atoms with E-state index in [4.69, 9.17) is 93.6 Å². The predicted molar refractivity (Wildman–Crippen MR) is 548 cm³/mol. The van der Waals surface area contributed by atoms with Gasteiger partial charge in [-0.05, 0) is 147 Å². The second-order valence-corrected chi connectivity index (χ2v) is 32.3. The molecular weight excluding hydrogens is 1860 g/mol. The zero-order valence-corrected chi connectivity index (χ0v) is 81.2. The van der Waals surface area contributed by atoms with E-state index in [1.165, 1.54) is 43.6 Å². The van der Waals surface area contributed by atoms with Crippen LogP contribution in [0.1, 0.15) is 235 Å². The van der Waals surface area contributed by atoms with E-state index in [1.54, 1.807) is 76.8 Å². The fourth-order valence-corrected chi connectivity index (χ4v) is 16.3. The molecule has 0 spiro atoms. The number of amides is 5. The molecule has 5 amide bonds. The number of piperidine rings is 5. The number of carbonyl (C=O) groups is 5. The Kier molecular flexibility index (Phi) is 23.0. The summed E-state index contributed by atoms with van der Waals surface area (Å²) in [4.78, 5) is 140. The number of ether oxygens (including phenoxy) is 5. The average molecular weight is 2060 g/mol. The number of para-hydroxylation sites is 5. The van der Waals surface area contributed by atoms with Crippen LogP contribution in [0, 0.1) is 0 Å². The molecule has 15 rings (SSSR count). The van der Waals surface area contributed by atoms with Gasteiger partial charge in [-0.15, -0.1) is 0 Å². The molecule has 45 heteroatoms. The van der Waals surface area contributed by atoms with E-state index in [2.05, 4.69) is 52.1 Å². The Morgan fingerprint density at radius 1 is 0.290 bits per heavy atom. The number of methoxy groups -OCH3 is 5. The third kappa shape index (κ3) is 27.6. The van der Waals surface area contributed by atoms with Crippen LogP contribution in [0.25, 0.3) is 0 Å². The van der Waals surface area contributed by atoms with E-state index in [9.17, 15) is 47.9 Å². The summed E-state index contributed by atoms with van der Waals surface area (Å²) in [5, 5.41) is 35.8. The van der Waals surface area contributed by atoms with Gasteiger partial charge in [-0.1, -0.05) is 125 Å². The van der Waals surface area contributed by atoms with E-state index in [-0.39, 0.29) is 154 Å². The van der Waals surface area contributed by atoms with Gasteiger partial charge in [0.25, 0.3) is 0 Å². The van der Waals surface area contributed by atoms with Gasteiger partial charge in [0.05, 0.1) is 79.1 Å². The maximum absolute atomic E-state index is 13.8. The molecule has 5 saturated heterocycles. The summed E-state index contributed by atoms with van der Waals surface area (Å²) in [7, 11) is -6.78. The Labute approximate surface area is 918 Å². The van der Waals surface area contributed by atoms with Crippen LogP contribution in [0.3, 0.4) is 0 Å². The number of tetrazole rings is 5. The third-order valence-electron chi connectivity index (χ3n) is 24.3. The van der Waals surface area contributed by atoms with Crippen molar-refractivity contribution in [3.8, 4) is 0 Å². The van der Waals surface area contributed by atoms with E-state index in [0.717, 1.165) is 30.3 Å². The number of nitrogens with zero attached hydrogens (tertiary/aromatic N) is 30. The molecular formula is C100H150N30O15. The summed E-state index contributed by atoms with van der Waals surface area (Å²) in [5.41, 5.74) is -14.7. The maximum Gasteiger partial charge on any atom is 0.363 e. The number of aryl methyl sites for hydroxylation is 7. The van der Waals surface area contributed by atoms with Crippen molar-refractivity contribution < 1.29 is 118 Å². The predicted octanol–water partition coefficient (Wildman–Crippen LogP) is 6.71. The highest BCUT2D eigenvalue weighted by Gasteiger charge is 2.49. The summed E-state index contributed by atoms with van der Waals surface area (Å²) in [6.45, 7) is -17.9. The van der Waals surface area contributed by atoms with Crippen LogP contribution in [0.4, 0.5) is 28.4 Å². The topological polar surface area (TPSA) is 427 Å². The summed E-state index contributed by atoms with van der Waals surface area (Å²) >= 11 is 0. The van der Waals surface area contributed by atoms with Crippen LogP contribution >= 0.6 is 0 Å². The fraction of sp³-hybridized carbons (Fsp3) is 0.600. The molecule has 45 nitrogen and oxygen atoms in total. The Morgan fingerprint density at radius 2 is 0.524 bits per heavy atom. The van der Waals surface area contributed by atoms with Crippen molar-refractivity contribution in [2.75, 3.05) is 158 Å². The van der Waals surface area contributed by atoms with Crippen molar-refractivity contribution in [1.29, 1.82) is 0 Å². The highest BCUT2D eigenvalue weighted by Crippen LogP contribution is 2.41. The molecule has 5 aromatic heterocycles. The normalized spacial score (nSPS) is 23.2. The molecule has 5 aliphatic heterocycles. The summed E-state index contributed by atoms with van der Waals surface area (Å²) < 4.78 is 446. The first-order chi connectivity index (χ1) is 90.0. The standard InChI is InChI=1S/5C20H30N6O3/c5*1-4-18(27)26(17-9-7-6-8-10-17)20(29-3)11-13-23(14-12-20)15-16-25-19(28)24(5-2)21-22-25/h5*6-10H,4-5,11-16H2,1-3H3/i1D3,3D3,4D2,6D,7D,8D,9D,10D,16D2;3D3,4D2,6D,7D,8D,9D,10D,16D2;1D3,3D3,6D,7D,8D,9D,10D,16D2;1D3,15D2,16D2;15D2,16D2. The molecule has 0 aliphatic carbocycles. The van der Waals surface area contributed by atoms with Crippen LogP contribution in [-0.2, 0) is 113 Å². The average Bonchev–Trinajstić information content (AvgIpc) is 0.791.